The lowest BCUT2D eigenvalue weighted by molar-refractivity contribution is 0.288. The number of ether oxygens (including phenoxy) is 1. The lowest BCUT2D eigenvalue weighted by atomic mass is 10.0. The van der Waals surface area contributed by atoms with Gasteiger partial charge < -0.3 is 15.0 Å². The molecule has 0 radical (unpaired) electrons. The summed E-state index contributed by atoms with van der Waals surface area (Å²) in [4.78, 5) is 11.6. The Balaban J connectivity index is 1.34. The largest absolute Gasteiger partial charge is 0.477 e. The number of aryl methyl sites for hydroxylation is 1. The van der Waals surface area contributed by atoms with Crippen LogP contribution in [0.25, 0.3) is 0 Å². The van der Waals surface area contributed by atoms with Gasteiger partial charge in [-0.1, -0.05) is 0 Å². The van der Waals surface area contributed by atoms with E-state index in [9.17, 15) is 0 Å². The maximum Gasteiger partial charge on any atom is 0.213 e. The number of nitrogens with zero attached hydrogens (tertiary/aromatic N) is 5. The van der Waals surface area contributed by atoms with Crippen LogP contribution in [0.5, 0.6) is 5.88 Å². The molecule has 7 nitrogen and oxygen atoms in total. The van der Waals surface area contributed by atoms with Crippen molar-refractivity contribution in [1.29, 1.82) is 0 Å². The number of nitrogens with one attached hydrogen (secondary N) is 1. The number of likely N-dealkylation sites (tertiary alicyclic amines) is 1. The molecule has 4 rings (SSSR count). The molecule has 1 atom stereocenters. The van der Waals surface area contributed by atoms with Gasteiger partial charge in [0.25, 0.3) is 0 Å². The van der Waals surface area contributed by atoms with E-state index in [1.54, 1.807) is 0 Å². The van der Waals surface area contributed by atoms with Crippen molar-refractivity contribution < 1.29 is 4.74 Å². The molecule has 7 heteroatoms. The van der Waals surface area contributed by atoms with E-state index in [1.807, 2.05) is 36.3 Å². The Morgan fingerprint density at radius 3 is 2.93 bits per heavy atom. The van der Waals surface area contributed by atoms with Crippen LogP contribution in [-0.4, -0.2) is 51.9 Å². The molecule has 2 aromatic rings. The normalized spacial score (nSPS) is 19.6. The van der Waals surface area contributed by atoms with Gasteiger partial charge in [0, 0.05) is 45.1 Å². The monoisotopic (exact) mass is 396 g/mol. The molecule has 2 fully saturated rings. The van der Waals surface area contributed by atoms with Crippen LogP contribution in [0.3, 0.4) is 0 Å². The number of hydrogen-bond acceptors (Lipinski definition) is 4. The molecule has 2 aliphatic rings. The number of pyridine rings is 1. The lowest BCUT2D eigenvalue weighted by Crippen LogP contribution is -2.40. The van der Waals surface area contributed by atoms with Crippen LogP contribution >= 0.6 is 0 Å². The van der Waals surface area contributed by atoms with Gasteiger partial charge >= 0.3 is 0 Å². The SMILES string of the molecule is CCNC(=NCc1ccnc(OCC2CC2)c1)N1CCC(Cc2cnn(C)c2)C1. The van der Waals surface area contributed by atoms with E-state index in [2.05, 4.69) is 33.4 Å². The maximum absolute atomic E-state index is 5.80. The Morgan fingerprint density at radius 1 is 1.28 bits per heavy atom. The van der Waals surface area contributed by atoms with Crippen LogP contribution in [0, 0.1) is 11.8 Å². The fourth-order valence-electron chi connectivity index (χ4n) is 3.81. The van der Waals surface area contributed by atoms with Crippen molar-refractivity contribution in [3.8, 4) is 5.88 Å². The van der Waals surface area contributed by atoms with Crippen molar-refractivity contribution in [3.05, 3.63) is 41.9 Å². The van der Waals surface area contributed by atoms with Gasteiger partial charge in [-0.25, -0.2) is 9.98 Å². The number of aromatic nitrogens is 3. The highest BCUT2D eigenvalue weighted by molar-refractivity contribution is 5.80. The number of hydrogen-bond donors (Lipinski definition) is 1. The first-order valence-corrected chi connectivity index (χ1v) is 10.8. The third-order valence-corrected chi connectivity index (χ3v) is 5.58. The van der Waals surface area contributed by atoms with Gasteiger partial charge in [0.05, 0.1) is 19.3 Å². The zero-order valence-electron chi connectivity index (χ0n) is 17.5. The summed E-state index contributed by atoms with van der Waals surface area (Å²) in [5, 5.41) is 7.75. The second-order valence-electron chi connectivity index (χ2n) is 8.25. The molecule has 0 aromatic carbocycles. The van der Waals surface area contributed by atoms with Crippen LogP contribution in [0.1, 0.15) is 37.3 Å². The smallest absolute Gasteiger partial charge is 0.213 e. The zero-order chi connectivity index (χ0) is 20.1. The Labute approximate surface area is 173 Å². The second-order valence-corrected chi connectivity index (χ2v) is 8.25. The van der Waals surface area contributed by atoms with Gasteiger partial charge in [-0.2, -0.15) is 5.10 Å². The average molecular weight is 397 g/mol. The van der Waals surface area contributed by atoms with Crippen molar-refractivity contribution in [3.63, 3.8) is 0 Å². The summed E-state index contributed by atoms with van der Waals surface area (Å²) in [5.41, 5.74) is 2.45. The van der Waals surface area contributed by atoms with Gasteiger partial charge in [-0.15, -0.1) is 0 Å². The number of guanidine groups is 1. The Kier molecular flexibility index (Phi) is 6.32. The summed E-state index contributed by atoms with van der Waals surface area (Å²) in [6.45, 7) is 6.49. The van der Waals surface area contributed by atoms with E-state index in [1.165, 1.54) is 24.8 Å². The predicted octanol–water partition coefficient (Wildman–Crippen LogP) is 2.63. The first-order valence-electron chi connectivity index (χ1n) is 10.8. The third-order valence-electron chi connectivity index (χ3n) is 5.58. The van der Waals surface area contributed by atoms with Crippen molar-refractivity contribution in [2.75, 3.05) is 26.2 Å². The topological polar surface area (TPSA) is 67.6 Å². The molecule has 1 unspecified atom stereocenters. The molecular weight excluding hydrogens is 364 g/mol. The molecule has 1 aliphatic heterocycles. The molecule has 0 bridgehead atoms. The van der Waals surface area contributed by atoms with Crippen LogP contribution in [0.2, 0.25) is 0 Å². The summed E-state index contributed by atoms with van der Waals surface area (Å²) in [6.07, 6.45) is 10.8. The van der Waals surface area contributed by atoms with Crippen LogP contribution in [-0.2, 0) is 20.0 Å². The molecular formula is C22H32N6O. The molecule has 29 heavy (non-hydrogen) atoms. The summed E-state index contributed by atoms with van der Waals surface area (Å²) in [7, 11) is 1.97. The minimum absolute atomic E-state index is 0.633. The van der Waals surface area contributed by atoms with Crippen LogP contribution < -0.4 is 10.1 Å². The van der Waals surface area contributed by atoms with E-state index >= 15 is 0 Å². The summed E-state index contributed by atoms with van der Waals surface area (Å²) < 4.78 is 7.68. The van der Waals surface area contributed by atoms with Crippen LogP contribution in [0.4, 0.5) is 0 Å². The second kappa shape index (κ2) is 9.29. The highest BCUT2D eigenvalue weighted by atomic mass is 16.5. The average Bonchev–Trinajstić information content (AvgIpc) is 3.30. The molecule has 2 aromatic heterocycles. The van der Waals surface area contributed by atoms with Gasteiger partial charge in [-0.3, -0.25) is 4.68 Å². The Bertz CT molecular complexity index is 828. The Hall–Kier alpha value is -2.57. The minimum Gasteiger partial charge on any atom is -0.477 e. The summed E-state index contributed by atoms with van der Waals surface area (Å²) in [6, 6.07) is 4.04. The highest BCUT2D eigenvalue weighted by Crippen LogP contribution is 2.29. The first kappa shape index (κ1) is 19.7. The van der Waals surface area contributed by atoms with Gasteiger partial charge in [0.1, 0.15) is 0 Å². The molecule has 0 spiro atoms. The summed E-state index contributed by atoms with van der Waals surface area (Å²) >= 11 is 0. The van der Waals surface area contributed by atoms with E-state index in [0.29, 0.717) is 18.3 Å². The molecule has 1 saturated heterocycles. The van der Waals surface area contributed by atoms with Crippen LogP contribution in [0.15, 0.2) is 35.7 Å². The van der Waals surface area contributed by atoms with Gasteiger partial charge in [0.15, 0.2) is 5.96 Å². The quantitative estimate of drug-likeness (QED) is 0.549. The zero-order valence-corrected chi connectivity index (χ0v) is 17.5. The van der Waals surface area contributed by atoms with E-state index in [0.717, 1.165) is 50.1 Å². The molecule has 3 heterocycles. The molecule has 0 amide bonds. The standard InChI is InChI=1S/C22H32N6O/c1-3-23-22(28-9-7-19(15-28)10-20-13-26-27(2)14-20)25-12-18-6-8-24-21(11-18)29-16-17-4-5-17/h6,8,11,13-14,17,19H,3-5,7,9-10,12,15-16H2,1-2H3,(H,23,25). The van der Waals surface area contributed by atoms with E-state index < -0.39 is 0 Å². The first-order chi connectivity index (χ1) is 14.2. The highest BCUT2D eigenvalue weighted by Gasteiger charge is 2.25. The van der Waals surface area contributed by atoms with Gasteiger partial charge in [-0.05, 0) is 61.6 Å². The van der Waals surface area contributed by atoms with Crippen molar-refractivity contribution in [2.24, 2.45) is 23.9 Å². The van der Waals surface area contributed by atoms with E-state index in [-0.39, 0.29) is 0 Å². The van der Waals surface area contributed by atoms with Crippen molar-refractivity contribution in [2.45, 2.75) is 39.2 Å². The molecule has 1 saturated carbocycles. The molecule has 1 N–H and O–H groups in total. The van der Waals surface area contributed by atoms with Gasteiger partial charge in [0.2, 0.25) is 5.88 Å². The molecule has 156 valence electrons. The number of rotatable bonds is 8. The minimum atomic E-state index is 0.633. The van der Waals surface area contributed by atoms with Crippen molar-refractivity contribution >= 4 is 5.96 Å². The number of aliphatic imine (C=N–C) groups is 1. The third kappa shape index (κ3) is 5.71. The Morgan fingerprint density at radius 2 is 2.17 bits per heavy atom. The lowest BCUT2D eigenvalue weighted by Gasteiger charge is -2.21. The molecule has 1 aliphatic carbocycles. The summed E-state index contributed by atoms with van der Waals surface area (Å²) in [5.74, 6) is 3.09. The fraction of sp³-hybridized carbons (Fsp3) is 0.591. The predicted molar refractivity (Wildman–Crippen MR) is 114 cm³/mol. The van der Waals surface area contributed by atoms with E-state index in [4.69, 9.17) is 9.73 Å². The fourth-order valence-corrected chi connectivity index (χ4v) is 3.81. The van der Waals surface area contributed by atoms with Crippen molar-refractivity contribution in [1.82, 2.24) is 25.0 Å². The maximum atomic E-state index is 5.80.